The van der Waals surface area contributed by atoms with E-state index in [0.717, 1.165) is 10.6 Å². The molecule has 1 aromatic heterocycles. The molecule has 68 valence electrons. The highest BCUT2D eigenvalue weighted by Gasteiger charge is 2.21. The quantitative estimate of drug-likeness (QED) is 0.702. The van der Waals surface area contributed by atoms with Crippen LogP contribution in [0.15, 0.2) is 22.5 Å². The Morgan fingerprint density at radius 2 is 2.54 bits per heavy atom. The van der Waals surface area contributed by atoms with Crippen molar-refractivity contribution in [3.05, 3.63) is 22.4 Å². The first-order valence-electron chi connectivity index (χ1n) is 4.07. The molecule has 1 unspecified atom stereocenters. The van der Waals surface area contributed by atoms with Crippen LogP contribution in [0.25, 0.3) is 0 Å². The standard InChI is InChI=1S/C9H9NOS2/c11-9-4-7(6-13-9)10-5-8-2-1-3-12-8/h1-3,5,7H,4,6H2. The summed E-state index contributed by atoms with van der Waals surface area (Å²) in [5, 5.41) is 2.30. The molecule has 0 amide bonds. The average Bonchev–Trinajstić information content (AvgIpc) is 2.71. The fourth-order valence-electron chi connectivity index (χ4n) is 1.14. The van der Waals surface area contributed by atoms with E-state index in [4.69, 9.17) is 0 Å². The van der Waals surface area contributed by atoms with Crippen LogP contribution in [-0.4, -0.2) is 23.1 Å². The van der Waals surface area contributed by atoms with Crippen molar-refractivity contribution in [2.45, 2.75) is 12.5 Å². The number of thiophene rings is 1. The van der Waals surface area contributed by atoms with Crippen LogP contribution in [0.3, 0.4) is 0 Å². The Balaban J connectivity index is 1.94. The van der Waals surface area contributed by atoms with E-state index in [0.29, 0.717) is 6.42 Å². The van der Waals surface area contributed by atoms with Crippen molar-refractivity contribution in [1.82, 2.24) is 0 Å². The third-order valence-corrected chi connectivity index (χ3v) is 3.64. The maximum absolute atomic E-state index is 10.9. The molecule has 1 fully saturated rings. The molecule has 0 saturated carbocycles. The Morgan fingerprint density at radius 3 is 3.15 bits per heavy atom. The Kier molecular flexibility index (Phi) is 2.80. The van der Waals surface area contributed by atoms with Crippen molar-refractivity contribution < 1.29 is 4.79 Å². The molecule has 0 N–H and O–H groups in total. The third kappa shape index (κ3) is 2.42. The monoisotopic (exact) mass is 211 g/mol. The van der Waals surface area contributed by atoms with Gasteiger partial charge in [0.15, 0.2) is 5.12 Å². The van der Waals surface area contributed by atoms with Gasteiger partial charge in [-0.15, -0.1) is 11.3 Å². The minimum atomic E-state index is 0.208. The summed E-state index contributed by atoms with van der Waals surface area (Å²) in [7, 11) is 0. The molecule has 4 heteroatoms. The van der Waals surface area contributed by atoms with Gasteiger partial charge in [0.2, 0.25) is 0 Å². The van der Waals surface area contributed by atoms with Gasteiger partial charge >= 0.3 is 0 Å². The summed E-state index contributed by atoms with van der Waals surface area (Å²) >= 11 is 3.06. The van der Waals surface area contributed by atoms with Gasteiger partial charge in [0.25, 0.3) is 0 Å². The minimum Gasteiger partial charge on any atom is -0.287 e. The minimum absolute atomic E-state index is 0.208. The van der Waals surface area contributed by atoms with E-state index < -0.39 is 0 Å². The maximum Gasteiger partial charge on any atom is 0.191 e. The number of carbonyl (C=O) groups excluding carboxylic acids is 1. The Morgan fingerprint density at radius 1 is 1.62 bits per heavy atom. The van der Waals surface area contributed by atoms with Gasteiger partial charge in [0, 0.05) is 23.3 Å². The smallest absolute Gasteiger partial charge is 0.191 e. The normalized spacial score (nSPS) is 23.1. The molecule has 1 atom stereocenters. The van der Waals surface area contributed by atoms with Crippen molar-refractivity contribution >= 4 is 34.4 Å². The summed E-state index contributed by atoms with van der Waals surface area (Å²) in [6.45, 7) is 0. The maximum atomic E-state index is 10.9. The predicted molar refractivity (Wildman–Crippen MR) is 57.8 cm³/mol. The number of hydrogen-bond acceptors (Lipinski definition) is 4. The molecule has 1 aromatic rings. The number of hydrogen-bond donors (Lipinski definition) is 0. The van der Waals surface area contributed by atoms with Crippen LogP contribution in [0.1, 0.15) is 11.3 Å². The van der Waals surface area contributed by atoms with Gasteiger partial charge in [-0.25, -0.2) is 0 Å². The topological polar surface area (TPSA) is 29.4 Å². The van der Waals surface area contributed by atoms with Gasteiger partial charge in [0.1, 0.15) is 0 Å². The van der Waals surface area contributed by atoms with Crippen LogP contribution < -0.4 is 0 Å². The van der Waals surface area contributed by atoms with E-state index in [2.05, 4.69) is 4.99 Å². The van der Waals surface area contributed by atoms with Crippen LogP contribution in [0.2, 0.25) is 0 Å². The first-order chi connectivity index (χ1) is 6.34. The van der Waals surface area contributed by atoms with Gasteiger partial charge in [-0.1, -0.05) is 17.8 Å². The molecule has 1 aliphatic rings. The Labute approximate surface area is 85.1 Å². The first-order valence-corrected chi connectivity index (χ1v) is 5.93. The fraction of sp³-hybridized carbons (Fsp3) is 0.333. The predicted octanol–water partition coefficient (Wildman–Crippen LogP) is 2.20. The molecular formula is C9H9NOS2. The number of aliphatic imine (C=N–C) groups is 1. The van der Waals surface area contributed by atoms with Crippen molar-refractivity contribution in [1.29, 1.82) is 0 Å². The highest BCUT2D eigenvalue weighted by Crippen LogP contribution is 2.22. The molecule has 1 saturated heterocycles. The van der Waals surface area contributed by atoms with E-state index in [1.54, 1.807) is 11.3 Å². The van der Waals surface area contributed by atoms with Crippen molar-refractivity contribution in [2.24, 2.45) is 4.99 Å². The van der Waals surface area contributed by atoms with Gasteiger partial charge in [-0.3, -0.25) is 9.79 Å². The van der Waals surface area contributed by atoms with Crippen LogP contribution in [0.4, 0.5) is 0 Å². The molecule has 1 aliphatic heterocycles. The molecule has 0 aromatic carbocycles. The number of rotatable bonds is 2. The first kappa shape index (κ1) is 8.97. The molecule has 0 bridgehead atoms. The summed E-state index contributed by atoms with van der Waals surface area (Å²) < 4.78 is 0. The zero-order chi connectivity index (χ0) is 9.10. The fourth-order valence-corrected chi connectivity index (χ4v) is 2.62. The highest BCUT2D eigenvalue weighted by molar-refractivity contribution is 8.14. The molecule has 2 nitrogen and oxygen atoms in total. The lowest BCUT2D eigenvalue weighted by Gasteiger charge is -1.96. The van der Waals surface area contributed by atoms with Gasteiger partial charge in [0.05, 0.1) is 6.04 Å². The molecular weight excluding hydrogens is 202 g/mol. The number of thioether (sulfide) groups is 1. The lowest BCUT2D eigenvalue weighted by Crippen LogP contribution is -2.01. The number of carbonyl (C=O) groups is 1. The lowest BCUT2D eigenvalue weighted by atomic mass is 10.3. The third-order valence-electron chi connectivity index (χ3n) is 1.79. The molecule has 2 heterocycles. The lowest BCUT2D eigenvalue weighted by molar-refractivity contribution is -0.110. The van der Waals surface area contributed by atoms with Gasteiger partial charge < -0.3 is 0 Å². The Bertz CT molecular complexity index is 318. The van der Waals surface area contributed by atoms with Crippen LogP contribution in [0, 0.1) is 0 Å². The van der Waals surface area contributed by atoms with E-state index in [1.807, 2.05) is 23.7 Å². The summed E-state index contributed by atoms with van der Waals surface area (Å²) in [5.74, 6) is 0.848. The summed E-state index contributed by atoms with van der Waals surface area (Å²) in [4.78, 5) is 16.4. The van der Waals surface area contributed by atoms with Crippen LogP contribution in [-0.2, 0) is 4.79 Å². The van der Waals surface area contributed by atoms with Gasteiger partial charge in [-0.2, -0.15) is 0 Å². The SMILES string of the molecule is O=C1CC(N=Cc2cccs2)CS1. The van der Waals surface area contributed by atoms with Crippen molar-refractivity contribution in [3.8, 4) is 0 Å². The summed E-state index contributed by atoms with van der Waals surface area (Å²) in [6.07, 6.45) is 2.47. The van der Waals surface area contributed by atoms with E-state index in [-0.39, 0.29) is 11.2 Å². The second-order valence-electron chi connectivity index (χ2n) is 2.83. The molecule has 0 radical (unpaired) electrons. The highest BCUT2D eigenvalue weighted by atomic mass is 32.2. The zero-order valence-corrected chi connectivity index (χ0v) is 8.61. The second kappa shape index (κ2) is 4.07. The van der Waals surface area contributed by atoms with E-state index in [9.17, 15) is 4.79 Å². The average molecular weight is 211 g/mol. The van der Waals surface area contributed by atoms with Crippen molar-refractivity contribution in [3.63, 3.8) is 0 Å². The molecule has 0 aliphatic carbocycles. The number of nitrogens with zero attached hydrogens (tertiary/aromatic N) is 1. The molecule has 13 heavy (non-hydrogen) atoms. The molecule has 0 spiro atoms. The van der Waals surface area contributed by atoms with Crippen LogP contribution in [0.5, 0.6) is 0 Å². The van der Waals surface area contributed by atoms with Gasteiger partial charge in [-0.05, 0) is 11.4 Å². The second-order valence-corrected chi connectivity index (χ2v) is 4.89. The summed E-state index contributed by atoms with van der Waals surface area (Å²) in [5.41, 5.74) is 0. The van der Waals surface area contributed by atoms with E-state index >= 15 is 0 Å². The van der Waals surface area contributed by atoms with Crippen LogP contribution >= 0.6 is 23.1 Å². The van der Waals surface area contributed by atoms with E-state index in [1.165, 1.54) is 11.8 Å². The molecule has 2 rings (SSSR count). The Hall–Kier alpha value is -0.610. The summed E-state index contributed by atoms with van der Waals surface area (Å²) in [6, 6.07) is 4.23. The largest absolute Gasteiger partial charge is 0.287 e. The zero-order valence-electron chi connectivity index (χ0n) is 6.97. The van der Waals surface area contributed by atoms with Crippen molar-refractivity contribution in [2.75, 3.05) is 5.75 Å².